The molecule has 0 saturated heterocycles. The van der Waals surface area contributed by atoms with Crippen LogP contribution in [0.4, 0.5) is 11.4 Å². The maximum absolute atomic E-state index is 11.2. The summed E-state index contributed by atoms with van der Waals surface area (Å²) in [5.41, 5.74) is 2.56. The van der Waals surface area contributed by atoms with E-state index in [2.05, 4.69) is 15.6 Å². The molecule has 0 radical (unpaired) electrons. The first-order valence-corrected chi connectivity index (χ1v) is 6.45. The summed E-state index contributed by atoms with van der Waals surface area (Å²) < 4.78 is 0. The Balaban J connectivity index is 1.90. The van der Waals surface area contributed by atoms with E-state index >= 15 is 0 Å². The summed E-state index contributed by atoms with van der Waals surface area (Å²) in [7, 11) is 0. The Morgan fingerprint density at radius 3 is 2.45 bits per heavy atom. The van der Waals surface area contributed by atoms with Gasteiger partial charge in [0, 0.05) is 17.8 Å². The summed E-state index contributed by atoms with van der Waals surface area (Å²) in [6, 6.07) is 10.9. The second kappa shape index (κ2) is 6.56. The number of pyridine rings is 1. The third-order valence-corrected chi connectivity index (χ3v) is 2.77. The molecule has 0 bridgehead atoms. The molecule has 0 atom stereocenters. The number of hydrogen-bond acceptors (Lipinski definition) is 4. The molecule has 1 amide bonds. The molecule has 0 unspecified atom stereocenters. The van der Waals surface area contributed by atoms with Crippen molar-refractivity contribution < 1.29 is 9.90 Å². The van der Waals surface area contributed by atoms with E-state index in [1.807, 2.05) is 31.2 Å². The largest absolute Gasteiger partial charge is 0.506 e. The topological polar surface area (TPSA) is 74.2 Å². The molecule has 0 saturated carbocycles. The Morgan fingerprint density at radius 2 is 1.85 bits per heavy atom. The van der Waals surface area contributed by atoms with E-state index in [1.165, 1.54) is 6.20 Å². The van der Waals surface area contributed by atoms with Crippen molar-refractivity contribution in [2.75, 3.05) is 10.6 Å². The second-order valence-electron chi connectivity index (χ2n) is 4.34. The molecular weight excluding hydrogens is 254 g/mol. The minimum Gasteiger partial charge on any atom is -0.506 e. The van der Waals surface area contributed by atoms with Crippen LogP contribution in [0.1, 0.15) is 19.0 Å². The number of aromatic nitrogens is 1. The zero-order valence-corrected chi connectivity index (χ0v) is 11.3. The Morgan fingerprint density at radius 1 is 1.15 bits per heavy atom. The Hall–Kier alpha value is -2.56. The molecule has 3 N–H and O–H groups in total. The smallest absolute Gasteiger partial charge is 0.224 e. The SMILES string of the molecule is CCC(=O)Nc1ccc(NCc2ccc(O)cn2)cc1. The molecule has 0 aliphatic heterocycles. The van der Waals surface area contributed by atoms with Gasteiger partial charge in [0.15, 0.2) is 0 Å². The lowest BCUT2D eigenvalue weighted by atomic mass is 10.2. The van der Waals surface area contributed by atoms with Gasteiger partial charge in [-0.3, -0.25) is 9.78 Å². The Kier molecular flexibility index (Phi) is 4.55. The fraction of sp³-hybridized carbons (Fsp3) is 0.200. The van der Waals surface area contributed by atoms with Crippen molar-refractivity contribution in [1.29, 1.82) is 0 Å². The number of anilines is 2. The van der Waals surface area contributed by atoms with Gasteiger partial charge in [0.25, 0.3) is 0 Å². The van der Waals surface area contributed by atoms with Crippen LogP contribution < -0.4 is 10.6 Å². The van der Waals surface area contributed by atoms with Crippen molar-refractivity contribution >= 4 is 17.3 Å². The van der Waals surface area contributed by atoms with Crippen LogP contribution in [-0.2, 0) is 11.3 Å². The summed E-state index contributed by atoms with van der Waals surface area (Å²) in [5, 5.41) is 15.2. The lowest BCUT2D eigenvalue weighted by molar-refractivity contribution is -0.115. The fourth-order valence-corrected chi connectivity index (χ4v) is 1.63. The monoisotopic (exact) mass is 271 g/mol. The summed E-state index contributed by atoms with van der Waals surface area (Å²) in [6.07, 6.45) is 1.88. The fourth-order valence-electron chi connectivity index (χ4n) is 1.63. The minimum absolute atomic E-state index is 0.000924. The lowest BCUT2D eigenvalue weighted by Gasteiger charge is -2.08. The first-order chi connectivity index (χ1) is 9.67. The predicted molar refractivity (Wildman–Crippen MR) is 78.6 cm³/mol. The molecule has 1 aromatic carbocycles. The van der Waals surface area contributed by atoms with Crippen LogP contribution in [0, 0.1) is 0 Å². The van der Waals surface area contributed by atoms with Crippen molar-refractivity contribution in [2.24, 2.45) is 0 Å². The number of hydrogen-bond donors (Lipinski definition) is 3. The Labute approximate surface area is 117 Å². The van der Waals surface area contributed by atoms with Gasteiger partial charge in [0.2, 0.25) is 5.91 Å². The number of aromatic hydroxyl groups is 1. The van der Waals surface area contributed by atoms with Gasteiger partial charge in [-0.15, -0.1) is 0 Å². The quantitative estimate of drug-likeness (QED) is 0.781. The van der Waals surface area contributed by atoms with Crippen LogP contribution in [0.15, 0.2) is 42.6 Å². The summed E-state index contributed by atoms with van der Waals surface area (Å²) in [6.45, 7) is 2.39. The molecule has 0 spiro atoms. The highest BCUT2D eigenvalue weighted by molar-refractivity contribution is 5.90. The molecular formula is C15H17N3O2. The summed E-state index contributed by atoms with van der Waals surface area (Å²) >= 11 is 0. The highest BCUT2D eigenvalue weighted by Crippen LogP contribution is 2.15. The predicted octanol–water partition coefficient (Wildman–Crippen LogP) is 2.75. The van der Waals surface area contributed by atoms with E-state index in [0.29, 0.717) is 13.0 Å². The number of carbonyl (C=O) groups excluding carboxylic acids is 1. The van der Waals surface area contributed by atoms with Gasteiger partial charge in [-0.25, -0.2) is 0 Å². The van der Waals surface area contributed by atoms with E-state index < -0.39 is 0 Å². The van der Waals surface area contributed by atoms with E-state index in [4.69, 9.17) is 5.11 Å². The van der Waals surface area contributed by atoms with Crippen molar-refractivity contribution in [2.45, 2.75) is 19.9 Å². The molecule has 104 valence electrons. The van der Waals surface area contributed by atoms with Gasteiger partial charge in [0.05, 0.1) is 18.4 Å². The second-order valence-corrected chi connectivity index (χ2v) is 4.34. The molecule has 5 nitrogen and oxygen atoms in total. The summed E-state index contributed by atoms with van der Waals surface area (Å²) in [4.78, 5) is 15.3. The molecule has 0 aliphatic rings. The van der Waals surface area contributed by atoms with Gasteiger partial charge >= 0.3 is 0 Å². The molecule has 2 aromatic rings. The molecule has 1 heterocycles. The average Bonchev–Trinajstić information content (AvgIpc) is 2.48. The molecule has 20 heavy (non-hydrogen) atoms. The maximum atomic E-state index is 11.2. The van der Waals surface area contributed by atoms with Crippen LogP contribution in [0.3, 0.4) is 0 Å². The van der Waals surface area contributed by atoms with E-state index in [9.17, 15) is 4.79 Å². The van der Waals surface area contributed by atoms with E-state index in [0.717, 1.165) is 17.1 Å². The number of amides is 1. The van der Waals surface area contributed by atoms with Crippen molar-refractivity contribution in [3.63, 3.8) is 0 Å². The number of rotatable bonds is 5. The van der Waals surface area contributed by atoms with Gasteiger partial charge < -0.3 is 15.7 Å². The summed E-state index contributed by atoms with van der Waals surface area (Å²) in [5.74, 6) is 0.156. The van der Waals surface area contributed by atoms with Gasteiger partial charge in [-0.05, 0) is 36.4 Å². The van der Waals surface area contributed by atoms with E-state index in [1.54, 1.807) is 12.1 Å². The van der Waals surface area contributed by atoms with Crippen LogP contribution >= 0.6 is 0 Å². The average molecular weight is 271 g/mol. The molecule has 0 fully saturated rings. The number of nitrogens with one attached hydrogen (secondary N) is 2. The zero-order chi connectivity index (χ0) is 14.4. The highest BCUT2D eigenvalue weighted by atomic mass is 16.3. The molecule has 5 heteroatoms. The number of benzene rings is 1. The third kappa shape index (κ3) is 3.98. The van der Waals surface area contributed by atoms with Crippen LogP contribution in [-0.4, -0.2) is 16.0 Å². The standard InChI is InChI=1S/C15H17N3O2/c1-2-15(20)18-12-5-3-11(4-6-12)16-9-13-7-8-14(19)10-17-13/h3-8,10,16,19H,2,9H2,1H3,(H,18,20). The number of nitrogens with zero attached hydrogens (tertiary/aromatic N) is 1. The Bertz CT molecular complexity index is 565. The normalized spacial score (nSPS) is 10.1. The molecule has 2 rings (SSSR count). The maximum Gasteiger partial charge on any atom is 0.224 e. The van der Waals surface area contributed by atoms with Crippen LogP contribution in [0.5, 0.6) is 5.75 Å². The lowest BCUT2D eigenvalue weighted by Crippen LogP contribution is -2.09. The van der Waals surface area contributed by atoms with Crippen molar-refractivity contribution in [3.8, 4) is 5.75 Å². The van der Waals surface area contributed by atoms with Crippen molar-refractivity contribution in [1.82, 2.24) is 4.98 Å². The highest BCUT2D eigenvalue weighted by Gasteiger charge is 1.99. The first-order valence-electron chi connectivity index (χ1n) is 6.45. The van der Waals surface area contributed by atoms with Gasteiger partial charge in [-0.1, -0.05) is 6.92 Å². The molecule has 1 aromatic heterocycles. The van der Waals surface area contributed by atoms with E-state index in [-0.39, 0.29) is 11.7 Å². The first kappa shape index (κ1) is 13.9. The van der Waals surface area contributed by atoms with Gasteiger partial charge in [-0.2, -0.15) is 0 Å². The van der Waals surface area contributed by atoms with Gasteiger partial charge in [0.1, 0.15) is 5.75 Å². The van der Waals surface area contributed by atoms with Crippen LogP contribution in [0.25, 0.3) is 0 Å². The minimum atomic E-state index is -0.000924. The molecule has 0 aliphatic carbocycles. The number of carbonyl (C=O) groups is 1. The third-order valence-electron chi connectivity index (χ3n) is 2.77. The van der Waals surface area contributed by atoms with Crippen LogP contribution in [0.2, 0.25) is 0 Å². The zero-order valence-electron chi connectivity index (χ0n) is 11.3. The van der Waals surface area contributed by atoms with Crippen molar-refractivity contribution in [3.05, 3.63) is 48.3 Å².